The van der Waals surface area contributed by atoms with Gasteiger partial charge in [0.2, 0.25) is 0 Å². The van der Waals surface area contributed by atoms with Crippen molar-refractivity contribution in [2.45, 2.75) is 62.4 Å². The van der Waals surface area contributed by atoms with Gasteiger partial charge < -0.3 is 4.74 Å². The Labute approximate surface area is 214 Å². The molecule has 0 amide bonds. The van der Waals surface area contributed by atoms with E-state index in [2.05, 4.69) is 0 Å². The second-order valence-corrected chi connectivity index (χ2v) is 11.4. The van der Waals surface area contributed by atoms with Crippen LogP contribution in [0.4, 0.5) is 0 Å². The highest BCUT2D eigenvalue weighted by Gasteiger charge is 2.43. The minimum Gasteiger partial charge on any atom is -0.497 e. The minimum absolute atomic E-state index is 0.0900. The largest absolute Gasteiger partial charge is 0.497 e. The van der Waals surface area contributed by atoms with E-state index in [1.807, 2.05) is 78.7 Å². The quantitative estimate of drug-likeness (QED) is 0.408. The molecule has 1 heterocycles. The number of aryl methyl sites for hydroxylation is 1. The molecule has 6 nitrogen and oxygen atoms in total. The summed E-state index contributed by atoms with van der Waals surface area (Å²) in [7, 11) is -2.27. The molecule has 1 saturated carbocycles. The van der Waals surface area contributed by atoms with Crippen LogP contribution in [-0.2, 0) is 10.0 Å². The smallest absolute Gasteiger partial charge is 0.293 e. The molecule has 0 spiro atoms. The second-order valence-electron chi connectivity index (χ2n) is 9.62. The predicted molar refractivity (Wildman–Crippen MR) is 142 cm³/mol. The fourth-order valence-corrected chi connectivity index (χ4v) is 6.59. The van der Waals surface area contributed by atoms with Gasteiger partial charge in [0.25, 0.3) is 10.0 Å². The fraction of sp³-hybridized carbons (Fsp3) is 0.345. The van der Waals surface area contributed by atoms with Crippen LogP contribution in [0.25, 0.3) is 0 Å². The number of methoxy groups -OCH3 is 1. The molecule has 0 bridgehead atoms. The molecule has 0 aromatic heterocycles. The number of rotatable bonds is 6. The van der Waals surface area contributed by atoms with E-state index in [1.165, 1.54) is 10.9 Å². The SMILES string of the molecule is COc1ccc(C2CC(c3ccccc3)=NN(S(=O)(=O)c3ccc(C)cc3)N2C2CCCCC2)cc1. The summed E-state index contributed by atoms with van der Waals surface area (Å²) in [6.45, 7) is 1.96. The van der Waals surface area contributed by atoms with E-state index in [4.69, 9.17) is 9.84 Å². The molecule has 0 N–H and O–H groups in total. The van der Waals surface area contributed by atoms with Crippen molar-refractivity contribution in [2.24, 2.45) is 5.10 Å². The molecule has 3 aromatic carbocycles. The lowest BCUT2D eigenvalue weighted by atomic mass is 9.90. The molecule has 1 fully saturated rings. The van der Waals surface area contributed by atoms with Crippen LogP contribution in [0, 0.1) is 6.92 Å². The zero-order chi connectivity index (χ0) is 25.1. The molecule has 1 aliphatic heterocycles. The molecule has 7 heteroatoms. The van der Waals surface area contributed by atoms with Crippen molar-refractivity contribution in [2.75, 3.05) is 7.11 Å². The van der Waals surface area contributed by atoms with Gasteiger partial charge in [0.1, 0.15) is 5.75 Å². The number of nitrogens with zero attached hydrogens (tertiary/aromatic N) is 3. The van der Waals surface area contributed by atoms with E-state index in [1.54, 1.807) is 19.2 Å². The van der Waals surface area contributed by atoms with Gasteiger partial charge >= 0.3 is 0 Å². The highest BCUT2D eigenvalue weighted by atomic mass is 32.2. The maximum absolute atomic E-state index is 14.2. The number of sulfonamides is 1. The van der Waals surface area contributed by atoms with E-state index < -0.39 is 10.0 Å². The third-order valence-electron chi connectivity index (χ3n) is 7.20. The first-order chi connectivity index (χ1) is 17.5. The first kappa shape index (κ1) is 24.5. The highest BCUT2D eigenvalue weighted by molar-refractivity contribution is 7.89. The first-order valence-electron chi connectivity index (χ1n) is 12.6. The number of hydrogen-bond donors (Lipinski definition) is 0. The maximum atomic E-state index is 14.2. The standard InChI is InChI=1S/C29H33N3O3S/c1-22-13-19-27(20-14-22)36(33,34)32-30-28(23-9-5-3-6-10-23)21-29(24-15-17-26(35-2)18-16-24)31(32)25-11-7-4-8-12-25/h3,5-6,9-10,13-20,25,29H,4,7-8,11-12,21H2,1-2H3. The average molecular weight is 504 g/mol. The Kier molecular flexibility index (Phi) is 7.12. The van der Waals surface area contributed by atoms with Crippen LogP contribution in [0.15, 0.2) is 88.9 Å². The van der Waals surface area contributed by atoms with Crippen LogP contribution in [0.1, 0.15) is 61.3 Å². The molecule has 0 radical (unpaired) electrons. The molecule has 2 aliphatic rings. The third-order valence-corrected chi connectivity index (χ3v) is 8.77. The molecule has 0 saturated heterocycles. The molecular weight excluding hydrogens is 470 g/mol. The monoisotopic (exact) mass is 503 g/mol. The van der Waals surface area contributed by atoms with Crippen molar-refractivity contribution in [3.63, 3.8) is 0 Å². The zero-order valence-electron chi connectivity index (χ0n) is 20.9. The van der Waals surface area contributed by atoms with E-state index in [-0.39, 0.29) is 17.0 Å². The lowest BCUT2D eigenvalue weighted by molar-refractivity contribution is -0.0492. The van der Waals surface area contributed by atoms with Gasteiger partial charge in [-0.1, -0.05) is 79.4 Å². The molecule has 3 aromatic rings. The van der Waals surface area contributed by atoms with Gasteiger partial charge in [0.15, 0.2) is 0 Å². The van der Waals surface area contributed by atoms with Crippen LogP contribution in [0.5, 0.6) is 5.75 Å². The number of hydrazine groups is 1. The summed E-state index contributed by atoms with van der Waals surface area (Å²) in [6.07, 6.45) is 5.87. The lowest BCUT2D eigenvalue weighted by Gasteiger charge is -2.46. The summed E-state index contributed by atoms with van der Waals surface area (Å²) < 4.78 is 35.0. The summed E-state index contributed by atoms with van der Waals surface area (Å²) >= 11 is 0. The van der Waals surface area contributed by atoms with Crippen molar-refractivity contribution in [3.8, 4) is 5.75 Å². The predicted octanol–water partition coefficient (Wildman–Crippen LogP) is 6.09. The Morgan fingerprint density at radius 2 is 1.53 bits per heavy atom. The zero-order valence-corrected chi connectivity index (χ0v) is 21.7. The maximum Gasteiger partial charge on any atom is 0.293 e. The molecule has 1 atom stereocenters. The van der Waals surface area contributed by atoms with Crippen LogP contribution in [-0.4, -0.2) is 36.8 Å². The van der Waals surface area contributed by atoms with E-state index >= 15 is 0 Å². The van der Waals surface area contributed by atoms with Gasteiger partial charge in [0.05, 0.1) is 23.8 Å². The van der Waals surface area contributed by atoms with E-state index in [0.717, 1.165) is 53.8 Å². The second kappa shape index (κ2) is 10.4. The van der Waals surface area contributed by atoms with Gasteiger partial charge in [-0.2, -0.15) is 13.4 Å². The third kappa shape index (κ3) is 4.90. The first-order valence-corrected chi connectivity index (χ1v) is 14.1. The van der Waals surface area contributed by atoms with E-state index in [0.29, 0.717) is 6.42 Å². The number of hydrazone groups is 1. The van der Waals surface area contributed by atoms with Gasteiger partial charge in [-0.25, -0.2) is 0 Å². The van der Waals surface area contributed by atoms with Crippen LogP contribution < -0.4 is 4.74 Å². The molecule has 1 aliphatic carbocycles. The summed E-state index contributed by atoms with van der Waals surface area (Å²) in [5, 5.41) is 6.90. The summed E-state index contributed by atoms with van der Waals surface area (Å²) in [4.78, 5) is 0.250. The summed E-state index contributed by atoms with van der Waals surface area (Å²) in [6, 6.07) is 24.8. The Morgan fingerprint density at radius 1 is 0.861 bits per heavy atom. The fourth-order valence-electron chi connectivity index (χ4n) is 5.22. The van der Waals surface area contributed by atoms with Crippen molar-refractivity contribution in [1.29, 1.82) is 0 Å². The summed E-state index contributed by atoms with van der Waals surface area (Å²) in [5.41, 5.74) is 3.76. The molecule has 5 rings (SSSR count). The number of benzene rings is 3. The Morgan fingerprint density at radius 3 is 2.17 bits per heavy atom. The van der Waals surface area contributed by atoms with Gasteiger partial charge in [-0.15, -0.1) is 9.62 Å². The minimum atomic E-state index is -3.92. The molecular formula is C29H33N3O3S. The van der Waals surface area contributed by atoms with Crippen molar-refractivity contribution in [1.82, 2.24) is 9.53 Å². The normalized spacial score (nSPS) is 19.7. The van der Waals surface area contributed by atoms with Gasteiger partial charge in [-0.3, -0.25) is 0 Å². The highest BCUT2D eigenvalue weighted by Crippen LogP contribution is 2.40. The van der Waals surface area contributed by atoms with Crippen molar-refractivity contribution in [3.05, 3.63) is 95.6 Å². The Hall–Kier alpha value is -3.16. The van der Waals surface area contributed by atoms with Crippen LogP contribution >= 0.6 is 0 Å². The molecule has 36 heavy (non-hydrogen) atoms. The van der Waals surface area contributed by atoms with Crippen molar-refractivity contribution >= 4 is 15.7 Å². The van der Waals surface area contributed by atoms with E-state index in [9.17, 15) is 8.42 Å². The topological polar surface area (TPSA) is 62.2 Å². The number of hydrogen-bond acceptors (Lipinski definition) is 5. The van der Waals surface area contributed by atoms with Crippen molar-refractivity contribution < 1.29 is 13.2 Å². The molecule has 1 unspecified atom stereocenters. The lowest BCUT2D eigenvalue weighted by Crippen LogP contribution is -2.54. The Bertz CT molecular complexity index is 1300. The van der Waals surface area contributed by atoms with Crippen LogP contribution in [0.2, 0.25) is 0 Å². The van der Waals surface area contributed by atoms with Gasteiger partial charge in [0, 0.05) is 12.5 Å². The Balaban J connectivity index is 1.67. The molecule has 188 valence electrons. The summed E-state index contributed by atoms with van der Waals surface area (Å²) in [5.74, 6) is 0.778. The van der Waals surface area contributed by atoms with Gasteiger partial charge in [-0.05, 0) is 55.2 Å². The van der Waals surface area contributed by atoms with Crippen LogP contribution in [0.3, 0.4) is 0 Å². The number of ether oxygens (including phenoxy) is 1. The average Bonchev–Trinajstić information content (AvgIpc) is 2.93.